The van der Waals surface area contributed by atoms with Gasteiger partial charge in [0.05, 0.1) is 0 Å². The van der Waals surface area contributed by atoms with E-state index < -0.39 is 23.5 Å². The summed E-state index contributed by atoms with van der Waals surface area (Å²) in [4.78, 5) is 24.4. The molecular weight excluding hydrogens is 357 g/mol. The first-order valence-corrected chi connectivity index (χ1v) is 8.32. The van der Waals surface area contributed by atoms with Gasteiger partial charge < -0.3 is 10.6 Å². The zero-order valence-corrected chi connectivity index (χ0v) is 15.2. The molecule has 0 saturated carbocycles. The number of carbonyl (C=O) groups is 2. The molecule has 0 aliphatic heterocycles. The fourth-order valence-corrected chi connectivity index (χ4v) is 2.27. The van der Waals surface area contributed by atoms with E-state index in [0.717, 1.165) is 0 Å². The van der Waals surface area contributed by atoms with Gasteiger partial charge in [-0.1, -0.05) is 57.2 Å². The zero-order valence-electron chi connectivity index (χ0n) is 15.2. The highest BCUT2D eigenvalue weighted by Crippen LogP contribution is 2.32. The number of benzene rings is 2. The molecule has 1 unspecified atom stereocenters. The van der Waals surface area contributed by atoms with Crippen LogP contribution in [0.15, 0.2) is 54.6 Å². The summed E-state index contributed by atoms with van der Waals surface area (Å²) in [5, 5.41) is 4.67. The Morgan fingerprint density at radius 1 is 0.926 bits per heavy atom. The van der Waals surface area contributed by atoms with Gasteiger partial charge in [-0.25, -0.2) is 0 Å². The van der Waals surface area contributed by atoms with E-state index in [9.17, 15) is 22.8 Å². The van der Waals surface area contributed by atoms with Crippen molar-refractivity contribution in [3.63, 3.8) is 0 Å². The first-order valence-electron chi connectivity index (χ1n) is 8.32. The van der Waals surface area contributed by atoms with Crippen molar-refractivity contribution < 1.29 is 22.8 Å². The van der Waals surface area contributed by atoms with Gasteiger partial charge >= 0.3 is 6.18 Å². The largest absolute Gasteiger partial charge is 0.412 e. The number of hydrogen-bond donors (Lipinski definition) is 2. The van der Waals surface area contributed by atoms with Crippen molar-refractivity contribution in [2.45, 2.75) is 33.0 Å². The lowest BCUT2D eigenvalue weighted by Crippen LogP contribution is -2.38. The Kier molecular flexibility index (Phi) is 5.93. The second-order valence-electron chi connectivity index (χ2n) is 7.14. The van der Waals surface area contributed by atoms with Crippen molar-refractivity contribution in [1.82, 2.24) is 5.32 Å². The molecule has 7 heteroatoms. The van der Waals surface area contributed by atoms with E-state index in [1.165, 1.54) is 42.5 Å². The van der Waals surface area contributed by atoms with Crippen LogP contribution in [0.5, 0.6) is 0 Å². The van der Waals surface area contributed by atoms with Crippen LogP contribution < -0.4 is 10.6 Å². The van der Waals surface area contributed by atoms with E-state index in [1.807, 2.05) is 5.32 Å². The smallest absolute Gasteiger partial charge is 0.337 e. The summed E-state index contributed by atoms with van der Waals surface area (Å²) in [5.74, 6) is -1.15. The fourth-order valence-electron chi connectivity index (χ4n) is 2.27. The van der Waals surface area contributed by atoms with Crippen LogP contribution >= 0.6 is 0 Å². The molecule has 2 aromatic carbocycles. The van der Waals surface area contributed by atoms with E-state index in [-0.39, 0.29) is 17.0 Å². The van der Waals surface area contributed by atoms with Gasteiger partial charge in [-0.2, -0.15) is 13.2 Å². The van der Waals surface area contributed by atoms with Crippen LogP contribution in [0.1, 0.15) is 42.7 Å². The molecule has 0 radical (unpaired) electrons. The zero-order chi connectivity index (χ0) is 20.2. The minimum absolute atomic E-state index is 0.0203. The number of hydrogen-bond acceptors (Lipinski definition) is 2. The lowest BCUT2D eigenvalue weighted by Gasteiger charge is -2.22. The van der Waals surface area contributed by atoms with Gasteiger partial charge in [0.2, 0.25) is 5.91 Å². The highest BCUT2D eigenvalue weighted by molar-refractivity contribution is 5.98. The maximum Gasteiger partial charge on any atom is 0.412 e. The molecule has 4 nitrogen and oxygen atoms in total. The van der Waals surface area contributed by atoms with Crippen LogP contribution in [0.3, 0.4) is 0 Å². The second-order valence-corrected chi connectivity index (χ2v) is 7.14. The van der Waals surface area contributed by atoms with Crippen LogP contribution in [-0.4, -0.2) is 18.0 Å². The number of nitrogens with one attached hydrogen (secondary N) is 2. The first-order chi connectivity index (χ1) is 12.5. The number of amides is 2. The SMILES string of the molecule is CC(C)(C)C(=O)Nc1cccc(C(=O)NC(c2ccccc2)C(F)(F)F)c1. The minimum atomic E-state index is -4.64. The number of anilines is 1. The van der Waals surface area contributed by atoms with Crippen LogP contribution in [0, 0.1) is 5.41 Å². The van der Waals surface area contributed by atoms with Crippen molar-refractivity contribution in [2.75, 3.05) is 5.32 Å². The van der Waals surface area contributed by atoms with Crippen LogP contribution in [0.2, 0.25) is 0 Å². The van der Waals surface area contributed by atoms with E-state index in [2.05, 4.69) is 5.32 Å². The monoisotopic (exact) mass is 378 g/mol. The third-order valence-corrected chi connectivity index (χ3v) is 3.80. The lowest BCUT2D eigenvalue weighted by molar-refractivity contribution is -0.155. The van der Waals surface area contributed by atoms with E-state index >= 15 is 0 Å². The molecule has 0 fully saturated rings. The van der Waals surface area contributed by atoms with E-state index in [0.29, 0.717) is 5.69 Å². The summed E-state index contributed by atoms with van der Waals surface area (Å²) in [5.41, 5.74) is -0.347. The predicted octanol–water partition coefficient (Wildman–Crippen LogP) is 4.70. The number of alkyl halides is 3. The third-order valence-electron chi connectivity index (χ3n) is 3.80. The number of carbonyl (C=O) groups excluding carboxylic acids is 2. The van der Waals surface area contributed by atoms with Crippen LogP contribution in [0.4, 0.5) is 18.9 Å². The molecule has 0 spiro atoms. The van der Waals surface area contributed by atoms with Gasteiger partial charge in [-0.15, -0.1) is 0 Å². The Balaban J connectivity index is 2.21. The topological polar surface area (TPSA) is 58.2 Å². The highest BCUT2D eigenvalue weighted by atomic mass is 19.4. The normalized spacial score (nSPS) is 13.0. The molecule has 2 aromatic rings. The average molecular weight is 378 g/mol. The van der Waals surface area contributed by atoms with Gasteiger partial charge in [-0.3, -0.25) is 9.59 Å². The van der Waals surface area contributed by atoms with Gasteiger partial charge in [0.25, 0.3) is 5.91 Å². The van der Waals surface area contributed by atoms with E-state index in [4.69, 9.17) is 0 Å². The summed E-state index contributed by atoms with van der Waals surface area (Å²) in [7, 11) is 0. The summed E-state index contributed by atoms with van der Waals surface area (Å²) in [6.45, 7) is 5.19. The standard InChI is InChI=1S/C20H21F3N2O2/c1-19(2,3)18(27)24-15-11-7-10-14(12-15)17(26)25-16(20(21,22)23)13-8-5-4-6-9-13/h4-12,16H,1-3H3,(H,24,27)(H,25,26). The van der Waals surface area contributed by atoms with Crippen molar-refractivity contribution >= 4 is 17.5 Å². The van der Waals surface area contributed by atoms with Crippen LogP contribution in [-0.2, 0) is 4.79 Å². The minimum Gasteiger partial charge on any atom is -0.337 e. The summed E-state index contributed by atoms with van der Waals surface area (Å²) in [6, 6.07) is 10.8. The van der Waals surface area contributed by atoms with Crippen molar-refractivity contribution in [1.29, 1.82) is 0 Å². The Bertz CT molecular complexity index is 812. The molecule has 0 aromatic heterocycles. The Morgan fingerprint density at radius 3 is 2.11 bits per heavy atom. The van der Waals surface area contributed by atoms with Crippen LogP contribution in [0.25, 0.3) is 0 Å². The average Bonchev–Trinajstić information content (AvgIpc) is 2.58. The second kappa shape index (κ2) is 7.82. The number of rotatable bonds is 4. The van der Waals surface area contributed by atoms with Crippen molar-refractivity contribution in [2.24, 2.45) is 5.41 Å². The fraction of sp³-hybridized carbons (Fsp3) is 0.300. The maximum atomic E-state index is 13.4. The lowest BCUT2D eigenvalue weighted by atomic mass is 9.95. The quantitative estimate of drug-likeness (QED) is 0.810. The molecular formula is C20H21F3N2O2. The molecule has 1 atom stereocenters. The van der Waals surface area contributed by atoms with E-state index in [1.54, 1.807) is 32.9 Å². The third kappa shape index (κ3) is 5.57. The van der Waals surface area contributed by atoms with Gasteiger partial charge in [-0.05, 0) is 23.8 Å². The molecule has 2 rings (SSSR count). The predicted molar refractivity (Wildman–Crippen MR) is 97.2 cm³/mol. The molecule has 0 aliphatic rings. The summed E-state index contributed by atoms with van der Waals surface area (Å²) >= 11 is 0. The summed E-state index contributed by atoms with van der Waals surface area (Å²) < 4.78 is 40.2. The van der Waals surface area contributed by atoms with Crippen molar-refractivity contribution in [3.05, 3.63) is 65.7 Å². The molecule has 27 heavy (non-hydrogen) atoms. The molecule has 0 aliphatic carbocycles. The highest BCUT2D eigenvalue weighted by Gasteiger charge is 2.41. The first kappa shape index (κ1) is 20.5. The molecule has 144 valence electrons. The maximum absolute atomic E-state index is 13.4. The Labute approximate surface area is 155 Å². The molecule has 0 heterocycles. The Hall–Kier alpha value is -2.83. The van der Waals surface area contributed by atoms with Crippen molar-refractivity contribution in [3.8, 4) is 0 Å². The van der Waals surface area contributed by atoms with Gasteiger partial charge in [0, 0.05) is 16.7 Å². The Morgan fingerprint density at radius 2 is 1.56 bits per heavy atom. The molecule has 0 bridgehead atoms. The van der Waals surface area contributed by atoms with Gasteiger partial charge in [0.15, 0.2) is 6.04 Å². The number of halogens is 3. The summed E-state index contributed by atoms with van der Waals surface area (Å²) in [6.07, 6.45) is -4.64. The van der Waals surface area contributed by atoms with Gasteiger partial charge in [0.1, 0.15) is 0 Å². The molecule has 2 amide bonds. The molecule has 0 saturated heterocycles. The molecule has 2 N–H and O–H groups in total.